The highest BCUT2D eigenvalue weighted by Crippen LogP contribution is 2.35. The van der Waals surface area contributed by atoms with Gasteiger partial charge in [-0.3, -0.25) is 9.97 Å². The molecule has 43 heavy (non-hydrogen) atoms. The highest BCUT2D eigenvalue weighted by Gasteiger charge is 2.14. The Morgan fingerprint density at radius 3 is 2.02 bits per heavy atom. The van der Waals surface area contributed by atoms with E-state index in [2.05, 4.69) is 64.6 Å². The predicted octanol–water partition coefficient (Wildman–Crippen LogP) is 9.64. The van der Waals surface area contributed by atoms with Crippen molar-refractivity contribution in [3.8, 4) is 50.6 Å². The number of rotatable bonds is 5. The molecule has 4 aromatic carbocycles. The Kier molecular flexibility index (Phi) is 4.91. The van der Waals surface area contributed by atoms with Gasteiger partial charge in [0.25, 0.3) is 0 Å². The van der Waals surface area contributed by atoms with Crippen molar-refractivity contribution in [1.82, 2.24) is 19.5 Å². The quantitative estimate of drug-likeness (QED) is 0.212. The first-order valence-electron chi connectivity index (χ1n) is 16.4. The maximum Gasteiger partial charge on any atom is 0.0899 e. The third kappa shape index (κ3) is 4.55. The van der Waals surface area contributed by atoms with Crippen LogP contribution in [0, 0.1) is 0 Å². The van der Waals surface area contributed by atoms with Gasteiger partial charge in [0.05, 0.1) is 35.0 Å². The minimum atomic E-state index is -0.419. The summed E-state index contributed by atoms with van der Waals surface area (Å²) in [7, 11) is 0. The number of hydrogen-bond donors (Lipinski definition) is 0. The van der Waals surface area contributed by atoms with Gasteiger partial charge in [-0.1, -0.05) is 84.9 Å². The SMILES string of the molecule is [2H]c1c([2H])c([2H])c(-n2c3ccncc3c3cc(-c4ccc(-c5cc(-c6ccccc6)nc(-c6ccccn6)c5)cc4)ccc32)c([2H])c1[2H]. The van der Waals surface area contributed by atoms with Crippen molar-refractivity contribution in [3.05, 3.63) is 158 Å². The van der Waals surface area contributed by atoms with Crippen molar-refractivity contribution in [2.45, 2.75) is 0 Å². The molecule has 0 unspecified atom stereocenters. The van der Waals surface area contributed by atoms with E-state index < -0.39 is 6.04 Å². The number of benzene rings is 4. The van der Waals surface area contributed by atoms with Crippen molar-refractivity contribution in [3.63, 3.8) is 0 Å². The third-order valence-corrected chi connectivity index (χ3v) is 7.65. The van der Waals surface area contributed by atoms with Gasteiger partial charge in [0.15, 0.2) is 0 Å². The van der Waals surface area contributed by atoms with E-state index in [0.29, 0.717) is 5.52 Å². The Morgan fingerprint density at radius 2 is 1.23 bits per heavy atom. The first-order valence-corrected chi connectivity index (χ1v) is 13.9. The molecule has 4 heteroatoms. The zero-order chi connectivity index (χ0) is 32.9. The van der Waals surface area contributed by atoms with Crippen LogP contribution >= 0.6 is 0 Å². The minimum Gasteiger partial charge on any atom is -0.309 e. The zero-order valence-electron chi connectivity index (χ0n) is 27.9. The largest absolute Gasteiger partial charge is 0.309 e. The molecule has 0 aliphatic carbocycles. The fraction of sp³-hybridized carbons (Fsp3) is 0. The summed E-state index contributed by atoms with van der Waals surface area (Å²) in [6.45, 7) is 0. The lowest BCUT2D eigenvalue weighted by Gasteiger charge is -2.11. The van der Waals surface area contributed by atoms with Gasteiger partial charge in [-0.25, -0.2) is 4.98 Å². The summed E-state index contributed by atoms with van der Waals surface area (Å²) >= 11 is 0. The molecule has 0 radical (unpaired) electrons. The normalized spacial score (nSPS) is 12.9. The van der Waals surface area contributed by atoms with Crippen LogP contribution < -0.4 is 0 Å². The molecule has 202 valence electrons. The van der Waals surface area contributed by atoms with Crippen LogP contribution in [-0.2, 0) is 0 Å². The molecule has 4 nitrogen and oxygen atoms in total. The Balaban J connectivity index is 1.23. The van der Waals surface area contributed by atoms with E-state index in [1.807, 2.05) is 54.6 Å². The van der Waals surface area contributed by atoms with Crippen molar-refractivity contribution in [1.29, 1.82) is 0 Å². The van der Waals surface area contributed by atoms with Crippen molar-refractivity contribution in [2.24, 2.45) is 0 Å². The summed E-state index contributed by atoms with van der Waals surface area (Å²) in [6.07, 6.45) is 5.17. The summed E-state index contributed by atoms with van der Waals surface area (Å²) < 4.78 is 43.6. The van der Waals surface area contributed by atoms with Crippen LogP contribution in [0.15, 0.2) is 158 Å². The van der Waals surface area contributed by atoms with Gasteiger partial charge in [-0.15, -0.1) is 0 Å². The summed E-state index contributed by atoms with van der Waals surface area (Å²) in [5.74, 6) is 0. The molecule has 8 rings (SSSR count). The average Bonchev–Trinajstić information content (AvgIpc) is 3.47. The number of fused-ring (bicyclic) bond motifs is 3. The number of aromatic nitrogens is 4. The Bertz CT molecular complexity index is 2410. The van der Waals surface area contributed by atoms with Crippen molar-refractivity contribution < 1.29 is 6.85 Å². The summed E-state index contributed by atoms with van der Waals surface area (Å²) in [5.41, 5.74) is 9.10. The van der Waals surface area contributed by atoms with E-state index in [-0.39, 0.29) is 29.9 Å². The average molecular weight is 556 g/mol. The van der Waals surface area contributed by atoms with E-state index in [1.54, 1.807) is 23.2 Å². The molecule has 8 aromatic rings. The molecular weight excluding hydrogens is 524 g/mol. The molecule has 0 aliphatic heterocycles. The van der Waals surface area contributed by atoms with Crippen molar-refractivity contribution in [2.75, 3.05) is 0 Å². The second-order valence-electron chi connectivity index (χ2n) is 10.2. The smallest absolute Gasteiger partial charge is 0.0899 e. The fourth-order valence-electron chi connectivity index (χ4n) is 5.60. The van der Waals surface area contributed by atoms with E-state index in [9.17, 15) is 0 Å². The summed E-state index contributed by atoms with van der Waals surface area (Å²) in [6, 6.07) is 34.6. The first-order chi connectivity index (χ1) is 23.4. The highest BCUT2D eigenvalue weighted by atomic mass is 15.0. The Hall–Kier alpha value is -5.87. The molecule has 0 spiro atoms. The van der Waals surface area contributed by atoms with Crippen LogP contribution in [0.1, 0.15) is 6.85 Å². The van der Waals surface area contributed by atoms with Gasteiger partial charge in [-0.05, 0) is 76.8 Å². The second kappa shape index (κ2) is 10.5. The number of pyridine rings is 3. The lowest BCUT2D eigenvalue weighted by atomic mass is 9.97. The van der Waals surface area contributed by atoms with Crippen LogP contribution in [-0.4, -0.2) is 19.5 Å². The standard InChI is InChI=1S/C39H26N4/c1-3-9-29(10-4-1)36-24-31(25-37(42-36)35-13-7-8-21-41-35)28-16-14-27(15-17-28)30-18-19-38-33(23-30)34-26-40-22-20-39(34)43(38)32-11-5-2-6-12-32/h1-26H/i2D,5D,6D,11D,12D. The zero-order valence-corrected chi connectivity index (χ0v) is 22.9. The van der Waals surface area contributed by atoms with Crippen LogP contribution in [0.25, 0.3) is 72.4 Å². The van der Waals surface area contributed by atoms with Crippen LogP contribution in [0.4, 0.5) is 0 Å². The number of para-hydroxylation sites is 1. The van der Waals surface area contributed by atoms with Crippen LogP contribution in [0.5, 0.6) is 0 Å². The van der Waals surface area contributed by atoms with E-state index in [0.717, 1.165) is 61.2 Å². The van der Waals surface area contributed by atoms with Crippen molar-refractivity contribution >= 4 is 21.8 Å². The van der Waals surface area contributed by atoms with E-state index in [1.165, 1.54) is 0 Å². The van der Waals surface area contributed by atoms with Gasteiger partial charge in [0.1, 0.15) is 0 Å². The van der Waals surface area contributed by atoms with Gasteiger partial charge in [0.2, 0.25) is 0 Å². The number of hydrogen-bond acceptors (Lipinski definition) is 3. The first kappa shape index (κ1) is 20.1. The molecule has 0 N–H and O–H groups in total. The molecule has 4 aromatic heterocycles. The second-order valence-corrected chi connectivity index (χ2v) is 10.2. The maximum atomic E-state index is 8.64. The molecular formula is C39H26N4. The molecule has 0 fully saturated rings. The molecule has 0 aliphatic rings. The minimum absolute atomic E-state index is 0.113. The van der Waals surface area contributed by atoms with Crippen LogP contribution in [0.2, 0.25) is 0 Å². The Labute approximate surface area is 256 Å². The molecule has 0 atom stereocenters. The predicted molar refractivity (Wildman–Crippen MR) is 176 cm³/mol. The molecule has 0 saturated carbocycles. The van der Waals surface area contributed by atoms with Gasteiger partial charge in [0, 0.05) is 40.6 Å². The lowest BCUT2D eigenvalue weighted by molar-refractivity contribution is 1.17. The Morgan fingerprint density at radius 1 is 0.512 bits per heavy atom. The topological polar surface area (TPSA) is 43.6 Å². The van der Waals surface area contributed by atoms with Gasteiger partial charge < -0.3 is 4.57 Å². The van der Waals surface area contributed by atoms with E-state index in [4.69, 9.17) is 11.8 Å². The van der Waals surface area contributed by atoms with Gasteiger partial charge >= 0.3 is 0 Å². The molecule has 4 heterocycles. The van der Waals surface area contributed by atoms with Gasteiger partial charge in [-0.2, -0.15) is 0 Å². The lowest BCUT2D eigenvalue weighted by Crippen LogP contribution is -1.93. The number of nitrogens with zero attached hydrogens (tertiary/aromatic N) is 4. The monoisotopic (exact) mass is 555 g/mol. The summed E-state index contributed by atoms with van der Waals surface area (Å²) in [4.78, 5) is 13.8. The molecule has 0 saturated heterocycles. The maximum absolute atomic E-state index is 8.64. The third-order valence-electron chi connectivity index (χ3n) is 7.65. The highest BCUT2D eigenvalue weighted by molar-refractivity contribution is 6.10. The molecule has 0 bridgehead atoms. The molecule has 0 amide bonds. The van der Waals surface area contributed by atoms with E-state index >= 15 is 0 Å². The fourth-order valence-corrected chi connectivity index (χ4v) is 5.60. The van der Waals surface area contributed by atoms with Crippen LogP contribution in [0.3, 0.4) is 0 Å². The summed E-state index contributed by atoms with van der Waals surface area (Å²) in [5, 5.41) is 1.69.